The summed E-state index contributed by atoms with van der Waals surface area (Å²) in [4.78, 5) is 0. The molecule has 0 saturated carbocycles. The van der Waals surface area contributed by atoms with Crippen molar-refractivity contribution in [3.8, 4) is 0 Å². The maximum atomic E-state index is 7.46. The van der Waals surface area contributed by atoms with E-state index in [1.54, 1.807) is 6.08 Å². The van der Waals surface area contributed by atoms with Crippen molar-refractivity contribution in [2.45, 2.75) is 20.3 Å². The van der Waals surface area contributed by atoms with Crippen LogP contribution < -0.4 is 0 Å². The zero-order valence-electron chi connectivity index (χ0n) is 8.09. The minimum absolute atomic E-state index is 0.562. The van der Waals surface area contributed by atoms with Crippen LogP contribution in [0.4, 0.5) is 0 Å². The molecule has 3 heteroatoms. The molecule has 0 aromatic rings. The number of ether oxygens (including phenoxy) is 2. The predicted molar refractivity (Wildman–Crippen MR) is 51.8 cm³/mol. The first kappa shape index (κ1) is 9.84. The largest absolute Gasteiger partial charge is 0.490 e. The number of nitrogens with one attached hydrogen (secondary N) is 1. The van der Waals surface area contributed by atoms with Crippen LogP contribution in [-0.2, 0) is 9.47 Å². The fraction of sp³-hybridized carbons (Fsp3) is 0.500. The molecule has 0 atom stereocenters. The Morgan fingerprint density at radius 1 is 1.23 bits per heavy atom. The molecular weight excluding hydrogens is 166 g/mol. The van der Waals surface area contributed by atoms with E-state index in [1.807, 2.05) is 19.9 Å². The standard InChI is InChI=1S/C10H15NO2/c1-3-12-9-6-5-8(11)7-10(9)13-4-2/h6-7,11H,3-5H2,1-2H3. The summed E-state index contributed by atoms with van der Waals surface area (Å²) in [5.41, 5.74) is 0.562. The third-order valence-electron chi connectivity index (χ3n) is 1.66. The Kier molecular flexibility index (Phi) is 3.55. The number of allylic oxidation sites excluding steroid dienone is 2. The van der Waals surface area contributed by atoms with Gasteiger partial charge >= 0.3 is 0 Å². The number of hydrogen-bond donors (Lipinski definition) is 1. The van der Waals surface area contributed by atoms with Crippen molar-refractivity contribution in [3.05, 3.63) is 23.7 Å². The summed E-state index contributed by atoms with van der Waals surface area (Å²) in [6, 6.07) is 0. The maximum absolute atomic E-state index is 7.46. The third kappa shape index (κ3) is 2.61. The van der Waals surface area contributed by atoms with Crippen LogP contribution in [0, 0.1) is 5.41 Å². The summed E-state index contributed by atoms with van der Waals surface area (Å²) in [5, 5.41) is 7.46. The molecule has 0 amide bonds. The monoisotopic (exact) mass is 181 g/mol. The van der Waals surface area contributed by atoms with Gasteiger partial charge in [-0.1, -0.05) is 0 Å². The van der Waals surface area contributed by atoms with Gasteiger partial charge in [0.2, 0.25) is 0 Å². The van der Waals surface area contributed by atoms with Crippen LogP contribution in [-0.4, -0.2) is 18.9 Å². The van der Waals surface area contributed by atoms with Crippen molar-refractivity contribution in [1.82, 2.24) is 0 Å². The molecule has 0 aliphatic heterocycles. The molecule has 0 unspecified atom stereocenters. The lowest BCUT2D eigenvalue weighted by atomic mass is 10.1. The summed E-state index contributed by atoms with van der Waals surface area (Å²) < 4.78 is 10.7. The van der Waals surface area contributed by atoms with E-state index in [9.17, 15) is 0 Å². The van der Waals surface area contributed by atoms with Gasteiger partial charge < -0.3 is 14.9 Å². The first-order chi connectivity index (χ1) is 6.27. The minimum Gasteiger partial charge on any atom is -0.490 e. The Morgan fingerprint density at radius 2 is 1.85 bits per heavy atom. The molecule has 0 spiro atoms. The van der Waals surface area contributed by atoms with E-state index in [4.69, 9.17) is 14.9 Å². The molecule has 0 aromatic heterocycles. The zero-order valence-corrected chi connectivity index (χ0v) is 8.09. The minimum atomic E-state index is 0.562. The van der Waals surface area contributed by atoms with Gasteiger partial charge in [0, 0.05) is 18.2 Å². The van der Waals surface area contributed by atoms with Crippen LogP contribution in [0.15, 0.2) is 23.7 Å². The van der Waals surface area contributed by atoms with E-state index in [0.29, 0.717) is 31.1 Å². The second-order valence-corrected chi connectivity index (χ2v) is 2.67. The molecule has 0 bridgehead atoms. The molecule has 0 saturated heterocycles. The summed E-state index contributed by atoms with van der Waals surface area (Å²) in [7, 11) is 0. The van der Waals surface area contributed by atoms with Crippen molar-refractivity contribution < 1.29 is 9.47 Å². The van der Waals surface area contributed by atoms with Crippen LogP contribution in [0.5, 0.6) is 0 Å². The molecule has 0 aromatic carbocycles. The van der Waals surface area contributed by atoms with Crippen LogP contribution in [0.1, 0.15) is 20.3 Å². The van der Waals surface area contributed by atoms with E-state index >= 15 is 0 Å². The molecule has 72 valence electrons. The first-order valence-electron chi connectivity index (χ1n) is 4.53. The lowest BCUT2D eigenvalue weighted by molar-refractivity contribution is 0.164. The van der Waals surface area contributed by atoms with E-state index < -0.39 is 0 Å². The molecule has 3 nitrogen and oxygen atoms in total. The summed E-state index contributed by atoms with van der Waals surface area (Å²) >= 11 is 0. The SMILES string of the molecule is CCOC1=CCC(=N)C=C1OCC. The summed E-state index contributed by atoms with van der Waals surface area (Å²) in [6.45, 7) is 5.08. The van der Waals surface area contributed by atoms with Gasteiger partial charge in [0.1, 0.15) is 0 Å². The van der Waals surface area contributed by atoms with E-state index in [-0.39, 0.29) is 0 Å². The quantitative estimate of drug-likeness (QED) is 0.722. The lowest BCUT2D eigenvalue weighted by Gasteiger charge is -2.16. The lowest BCUT2D eigenvalue weighted by Crippen LogP contribution is -2.08. The van der Waals surface area contributed by atoms with Crippen LogP contribution in [0.25, 0.3) is 0 Å². The molecule has 1 aliphatic rings. The van der Waals surface area contributed by atoms with Gasteiger partial charge in [0.15, 0.2) is 11.5 Å². The van der Waals surface area contributed by atoms with Gasteiger partial charge in [0.05, 0.1) is 13.2 Å². The molecule has 13 heavy (non-hydrogen) atoms. The van der Waals surface area contributed by atoms with Crippen LogP contribution in [0.3, 0.4) is 0 Å². The normalized spacial score (nSPS) is 16.3. The number of hydrogen-bond acceptors (Lipinski definition) is 3. The summed E-state index contributed by atoms with van der Waals surface area (Å²) in [6.07, 6.45) is 4.23. The Morgan fingerprint density at radius 3 is 2.46 bits per heavy atom. The van der Waals surface area contributed by atoms with Crippen LogP contribution >= 0.6 is 0 Å². The molecule has 1 rings (SSSR count). The molecule has 0 fully saturated rings. The van der Waals surface area contributed by atoms with Gasteiger partial charge in [-0.2, -0.15) is 0 Å². The molecule has 0 heterocycles. The highest BCUT2D eigenvalue weighted by Gasteiger charge is 2.12. The van der Waals surface area contributed by atoms with Gasteiger partial charge in [-0.05, 0) is 19.9 Å². The Labute approximate surface area is 78.6 Å². The van der Waals surface area contributed by atoms with Crippen molar-refractivity contribution in [2.24, 2.45) is 0 Å². The Balaban J connectivity index is 2.71. The smallest absolute Gasteiger partial charge is 0.162 e. The topological polar surface area (TPSA) is 42.3 Å². The van der Waals surface area contributed by atoms with Crippen molar-refractivity contribution in [1.29, 1.82) is 5.41 Å². The average molecular weight is 181 g/mol. The van der Waals surface area contributed by atoms with Gasteiger partial charge in [0.25, 0.3) is 0 Å². The maximum Gasteiger partial charge on any atom is 0.162 e. The van der Waals surface area contributed by atoms with Gasteiger partial charge in [-0.15, -0.1) is 0 Å². The second-order valence-electron chi connectivity index (χ2n) is 2.67. The van der Waals surface area contributed by atoms with Crippen molar-refractivity contribution in [3.63, 3.8) is 0 Å². The molecule has 1 N–H and O–H groups in total. The van der Waals surface area contributed by atoms with E-state index in [1.165, 1.54) is 0 Å². The molecule has 0 radical (unpaired) electrons. The Hall–Kier alpha value is -1.25. The second kappa shape index (κ2) is 4.70. The van der Waals surface area contributed by atoms with E-state index in [2.05, 4.69) is 0 Å². The van der Waals surface area contributed by atoms with Crippen LogP contribution in [0.2, 0.25) is 0 Å². The Bertz CT molecular complexity index is 254. The highest BCUT2D eigenvalue weighted by Crippen LogP contribution is 2.19. The third-order valence-corrected chi connectivity index (χ3v) is 1.66. The highest BCUT2D eigenvalue weighted by molar-refractivity contribution is 5.95. The molecular formula is C10H15NO2. The zero-order chi connectivity index (χ0) is 9.68. The highest BCUT2D eigenvalue weighted by atomic mass is 16.5. The summed E-state index contributed by atoms with van der Waals surface area (Å²) in [5.74, 6) is 1.45. The van der Waals surface area contributed by atoms with Crippen molar-refractivity contribution >= 4 is 5.71 Å². The fourth-order valence-corrected chi connectivity index (χ4v) is 1.15. The van der Waals surface area contributed by atoms with Gasteiger partial charge in [-0.3, -0.25) is 0 Å². The fourth-order valence-electron chi connectivity index (χ4n) is 1.15. The first-order valence-corrected chi connectivity index (χ1v) is 4.53. The van der Waals surface area contributed by atoms with Crippen molar-refractivity contribution in [2.75, 3.05) is 13.2 Å². The average Bonchev–Trinajstić information content (AvgIpc) is 2.10. The van der Waals surface area contributed by atoms with E-state index in [0.717, 1.165) is 5.76 Å². The molecule has 1 aliphatic carbocycles. The van der Waals surface area contributed by atoms with Gasteiger partial charge in [-0.25, -0.2) is 0 Å². The number of rotatable bonds is 4. The predicted octanol–water partition coefficient (Wildman–Crippen LogP) is 2.25.